The van der Waals surface area contributed by atoms with Crippen molar-refractivity contribution < 1.29 is 18.7 Å². The van der Waals surface area contributed by atoms with Crippen LogP contribution in [0, 0.1) is 5.82 Å². The largest absolute Gasteiger partial charge is 0.378 e. The molecule has 2 aromatic carbocycles. The summed E-state index contributed by atoms with van der Waals surface area (Å²) in [6, 6.07) is 13.4. The predicted octanol–water partition coefficient (Wildman–Crippen LogP) is 2.34. The number of benzene rings is 2. The number of carbonyl (C=O) groups is 2. The highest BCUT2D eigenvalue weighted by Gasteiger charge is 2.18. The van der Waals surface area contributed by atoms with E-state index < -0.39 is 0 Å². The molecule has 0 saturated carbocycles. The maximum absolute atomic E-state index is 13.5. The lowest BCUT2D eigenvalue weighted by molar-refractivity contribution is 0.0303. The third-order valence-corrected chi connectivity index (χ3v) is 4.59. The number of hydrogen-bond acceptors (Lipinski definition) is 3. The Bertz CT molecular complexity index is 805. The fraction of sp³-hybridized carbons (Fsp3) is 0.333. The second kappa shape index (κ2) is 9.85. The average Bonchev–Trinajstić information content (AvgIpc) is 2.74. The van der Waals surface area contributed by atoms with Gasteiger partial charge in [0.2, 0.25) is 0 Å². The zero-order valence-corrected chi connectivity index (χ0v) is 15.6. The van der Waals surface area contributed by atoms with E-state index in [9.17, 15) is 14.0 Å². The minimum Gasteiger partial charge on any atom is -0.378 e. The van der Waals surface area contributed by atoms with Crippen LogP contribution in [0.1, 0.15) is 21.5 Å². The monoisotopic (exact) mass is 385 g/mol. The quantitative estimate of drug-likeness (QED) is 0.802. The van der Waals surface area contributed by atoms with Crippen LogP contribution in [0.3, 0.4) is 0 Å². The third kappa shape index (κ3) is 5.53. The highest BCUT2D eigenvalue weighted by Crippen LogP contribution is 2.10. The van der Waals surface area contributed by atoms with Crippen molar-refractivity contribution in [3.05, 3.63) is 71.0 Å². The van der Waals surface area contributed by atoms with Crippen molar-refractivity contribution >= 4 is 11.9 Å². The molecule has 1 heterocycles. The lowest BCUT2D eigenvalue weighted by Crippen LogP contribution is -2.40. The molecule has 3 rings (SSSR count). The van der Waals surface area contributed by atoms with E-state index in [2.05, 4.69) is 10.6 Å². The van der Waals surface area contributed by atoms with Gasteiger partial charge in [-0.2, -0.15) is 0 Å². The summed E-state index contributed by atoms with van der Waals surface area (Å²) in [5.74, 6) is -0.273. The molecule has 0 radical (unpaired) electrons. The molecule has 6 nitrogen and oxygen atoms in total. The Morgan fingerprint density at radius 2 is 1.71 bits per heavy atom. The van der Waals surface area contributed by atoms with Crippen molar-refractivity contribution in [3.63, 3.8) is 0 Å². The van der Waals surface area contributed by atoms with Gasteiger partial charge in [-0.05, 0) is 35.7 Å². The number of morpholine rings is 1. The molecule has 0 spiro atoms. The maximum Gasteiger partial charge on any atom is 0.315 e. The van der Waals surface area contributed by atoms with Gasteiger partial charge in [-0.1, -0.05) is 30.3 Å². The summed E-state index contributed by atoms with van der Waals surface area (Å²) in [5, 5.41) is 5.47. The van der Waals surface area contributed by atoms with Crippen molar-refractivity contribution in [1.29, 1.82) is 0 Å². The summed E-state index contributed by atoms with van der Waals surface area (Å²) >= 11 is 0. The first-order chi connectivity index (χ1) is 13.6. The molecule has 0 aromatic heterocycles. The Balaban J connectivity index is 1.41. The third-order valence-electron chi connectivity index (χ3n) is 4.59. The number of ether oxygens (including phenoxy) is 1. The summed E-state index contributed by atoms with van der Waals surface area (Å²) in [6.07, 6.45) is 0.429. The summed E-state index contributed by atoms with van der Waals surface area (Å²) in [7, 11) is 0. The van der Waals surface area contributed by atoms with E-state index in [1.54, 1.807) is 35.2 Å². The molecule has 28 heavy (non-hydrogen) atoms. The number of nitrogens with one attached hydrogen (secondary N) is 2. The number of hydrogen-bond donors (Lipinski definition) is 2. The normalized spacial score (nSPS) is 13.8. The van der Waals surface area contributed by atoms with Crippen LogP contribution in [0.4, 0.5) is 9.18 Å². The van der Waals surface area contributed by atoms with Crippen molar-refractivity contribution in [2.75, 3.05) is 32.8 Å². The zero-order valence-electron chi connectivity index (χ0n) is 15.6. The maximum atomic E-state index is 13.5. The van der Waals surface area contributed by atoms with Crippen LogP contribution in [0.25, 0.3) is 0 Å². The number of halogens is 1. The lowest BCUT2D eigenvalue weighted by atomic mass is 10.1. The SMILES string of the molecule is O=C(NCCc1ccccc1F)NCc1ccc(C(=O)N2CCOCC2)cc1. The van der Waals surface area contributed by atoms with E-state index in [-0.39, 0.29) is 17.8 Å². The van der Waals surface area contributed by atoms with Crippen LogP contribution in [0.2, 0.25) is 0 Å². The molecule has 2 aromatic rings. The van der Waals surface area contributed by atoms with E-state index in [0.29, 0.717) is 56.9 Å². The number of carbonyl (C=O) groups excluding carboxylic acids is 2. The van der Waals surface area contributed by atoms with Crippen molar-refractivity contribution in [2.24, 2.45) is 0 Å². The minimum absolute atomic E-state index is 0.00584. The van der Waals surface area contributed by atoms with Crippen molar-refractivity contribution in [2.45, 2.75) is 13.0 Å². The molecule has 0 atom stereocenters. The fourth-order valence-corrected chi connectivity index (χ4v) is 2.97. The van der Waals surface area contributed by atoms with Gasteiger partial charge in [-0.3, -0.25) is 4.79 Å². The lowest BCUT2D eigenvalue weighted by Gasteiger charge is -2.26. The van der Waals surface area contributed by atoms with E-state index in [1.807, 2.05) is 12.1 Å². The minimum atomic E-state index is -0.315. The molecular formula is C21H24FN3O3. The van der Waals surface area contributed by atoms with E-state index in [0.717, 1.165) is 5.56 Å². The van der Waals surface area contributed by atoms with Crippen LogP contribution < -0.4 is 10.6 Å². The van der Waals surface area contributed by atoms with Crippen LogP contribution in [-0.4, -0.2) is 49.7 Å². The standard InChI is InChI=1S/C21H24FN3O3/c22-19-4-2-1-3-17(19)9-10-23-21(27)24-15-16-5-7-18(8-6-16)20(26)25-11-13-28-14-12-25/h1-8H,9-15H2,(H2,23,24,27). The topological polar surface area (TPSA) is 70.7 Å². The number of urea groups is 1. The first kappa shape index (κ1) is 19.8. The highest BCUT2D eigenvalue weighted by atomic mass is 19.1. The van der Waals surface area contributed by atoms with Crippen molar-refractivity contribution in [1.82, 2.24) is 15.5 Å². The van der Waals surface area contributed by atoms with E-state index in [4.69, 9.17) is 4.74 Å². The molecule has 148 valence electrons. The Morgan fingerprint density at radius 1 is 1.00 bits per heavy atom. The summed E-state index contributed by atoms with van der Waals surface area (Å²) < 4.78 is 18.8. The second-order valence-corrected chi connectivity index (χ2v) is 6.55. The molecule has 1 saturated heterocycles. The first-order valence-electron chi connectivity index (χ1n) is 9.34. The van der Waals surface area contributed by atoms with Gasteiger partial charge in [-0.15, -0.1) is 0 Å². The van der Waals surface area contributed by atoms with Gasteiger partial charge < -0.3 is 20.3 Å². The van der Waals surface area contributed by atoms with Gasteiger partial charge in [0, 0.05) is 31.7 Å². The van der Waals surface area contributed by atoms with Crippen LogP contribution in [0.5, 0.6) is 0 Å². The summed E-state index contributed by atoms with van der Waals surface area (Å²) in [4.78, 5) is 26.1. The van der Waals surface area contributed by atoms with E-state index >= 15 is 0 Å². The number of nitrogens with zero attached hydrogens (tertiary/aromatic N) is 1. The molecular weight excluding hydrogens is 361 g/mol. The summed E-state index contributed by atoms with van der Waals surface area (Å²) in [6.45, 7) is 3.04. The molecule has 1 aliphatic rings. The van der Waals surface area contributed by atoms with Gasteiger partial charge in [-0.25, -0.2) is 9.18 Å². The van der Waals surface area contributed by atoms with Crippen LogP contribution in [0.15, 0.2) is 48.5 Å². The highest BCUT2D eigenvalue weighted by molar-refractivity contribution is 5.94. The van der Waals surface area contributed by atoms with Crippen LogP contribution in [-0.2, 0) is 17.7 Å². The molecule has 2 N–H and O–H groups in total. The molecule has 0 unspecified atom stereocenters. The zero-order chi connectivity index (χ0) is 19.8. The molecule has 0 aliphatic carbocycles. The smallest absolute Gasteiger partial charge is 0.315 e. The van der Waals surface area contributed by atoms with E-state index in [1.165, 1.54) is 6.07 Å². The Labute approximate surface area is 163 Å². The molecule has 1 fully saturated rings. The number of amides is 3. The molecule has 1 aliphatic heterocycles. The van der Waals surface area contributed by atoms with Gasteiger partial charge in [0.1, 0.15) is 5.82 Å². The second-order valence-electron chi connectivity index (χ2n) is 6.55. The van der Waals surface area contributed by atoms with Gasteiger partial charge >= 0.3 is 6.03 Å². The number of rotatable bonds is 6. The Hall–Kier alpha value is -2.93. The van der Waals surface area contributed by atoms with Gasteiger partial charge in [0.05, 0.1) is 13.2 Å². The molecule has 0 bridgehead atoms. The average molecular weight is 385 g/mol. The first-order valence-corrected chi connectivity index (χ1v) is 9.34. The van der Waals surface area contributed by atoms with Gasteiger partial charge in [0.25, 0.3) is 5.91 Å². The van der Waals surface area contributed by atoms with Crippen LogP contribution >= 0.6 is 0 Å². The Morgan fingerprint density at radius 3 is 2.43 bits per heavy atom. The Kier molecular flexibility index (Phi) is 6.97. The fourth-order valence-electron chi connectivity index (χ4n) is 2.97. The summed E-state index contributed by atoms with van der Waals surface area (Å²) in [5.41, 5.74) is 2.09. The molecule has 3 amide bonds. The van der Waals surface area contributed by atoms with Gasteiger partial charge in [0.15, 0.2) is 0 Å². The predicted molar refractivity (Wildman–Crippen MR) is 104 cm³/mol. The van der Waals surface area contributed by atoms with Crippen molar-refractivity contribution in [3.8, 4) is 0 Å². The molecule has 7 heteroatoms.